The normalized spacial score (nSPS) is 13.2. The van der Waals surface area contributed by atoms with Crippen molar-refractivity contribution in [2.75, 3.05) is 6.61 Å². The van der Waals surface area contributed by atoms with Gasteiger partial charge in [0, 0.05) is 13.2 Å². The van der Waals surface area contributed by atoms with E-state index >= 15 is 0 Å². The van der Waals surface area contributed by atoms with Crippen molar-refractivity contribution in [3.05, 3.63) is 12.2 Å². The molecular formula is C14H25N3O2. The van der Waals surface area contributed by atoms with Crippen LogP contribution < -0.4 is 0 Å². The van der Waals surface area contributed by atoms with E-state index in [0.29, 0.717) is 12.5 Å². The Morgan fingerprint density at radius 1 is 1.37 bits per heavy atom. The molecule has 0 spiro atoms. The van der Waals surface area contributed by atoms with Crippen LogP contribution in [0, 0.1) is 11.8 Å². The van der Waals surface area contributed by atoms with Crippen molar-refractivity contribution >= 4 is 5.78 Å². The third-order valence-electron chi connectivity index (χ3n) is 2.84. The number of rotatable bonds is 8. The van der Waals surface area contributed by atoms with Gasteiger partial charge in [-0.2, -0.15) is 5.10 Å². The molecule has 1 aromatic heterocycles. The molecule has 5 heteroatoms. The summed E-state index contributed by atoms with van der Waals surface area (Å²) in [5.74, 6) is 1.45. The molecule has 1 rings (SSSR count). The highest BCUT2D eigenvalue weighted by atomic mass is 16.5. The molecule has 0 bridgehead atoms. The van der Waals surface area contributed by atoms with E-state index in [1.54, 1.807) is 0 Å². The maximum Gasteiger partial charge on any atom is 0.169 e. The molecule has 0 aliphatic heterocycles. The molecule has 0 saturated carbocycles. The maximum atomic E-state index is 12.3. The Kier molecular flexibility index (Phi) is 6.15. The van der Waals surface area contributed by atoms with E-state index < -0.39 is 0 Å². The first-order valence-electron chi connectivity index (χ1n) is 6.96. The van der Waals surface area contributed by atoms with E-state index in [4.69, 9.17) is 4.74 Å². The second-order valence-corrected chi connectivity index (χ2v) is 5.52. The molecule has 0 aliphatic rings. The molecule has 1 aromatic rings. The quantitative estimate of drug-likeness (QED) is 0.724. The fraction of sp³-hybridized carbons (Fsp3) is 0.786. The van der Waals surface area contributed by atoms with Gasteiger partial charge in [0.15, 0.2) is 5.78 Å². The van der Waals surface area contributed by atoms with Gasteiger partial charge in [-0.3, -0.25) is 4.79 Å². The number of hydrogen-bond acceptors (Lipinski definition) is 4. The highest BCUT2D eigenvalue weighted by Crippen LogP contribution is 2.11. The van der Waals surface area contributed by atoms with Crippen LogP contribution >= 0.6 is 0 Å². The number of ketones is 1. The Balaban J connectivity index is 2.72. The molecule has 5 nitrogen and oxygen atoms in total. The molecule has 0 N–H and O–H groups in total. The Morgan fingerprint density at radius 2 is 2.05 bits per heavy atom. The molecule has 1 unspecified atom stereocenters. The Hall–Kier alpha value is -1.23. The highest BCUT2D eigenvalue weighted by molar-refractivity contribution is 5.84. The summed E-state index contributed by atoms with van der Waals surface area (Å²) in [4.78, 5) is 16.5. The van der Waals surface area contributed by atoms with Gasteiger partial charge in [-0.1, -0.05) is 27.7 Å². The van der Waals surface area contributed by atoms with Crippen molar-refractivity contribution in [2.45, 2.75) is 53.7 Å². The smallest absolute Gasteiger partial charge is 0.169 e. The van der Waals surface area contributed by atoms with Gasteiger partial charge >= 0.3 is 0 Å². The standard InChI is InChI=1S/C14H25N3O2/c1-6-19-14(11(4)5)12(18)7-13-15-9-16-17(13)8-10(2)3/h9-11,14H,6-8H2,1-5H3. The Bertz CT molecular complexity index is 399. The lowest BCUT2D eigenvalue weighted by molar-refractivity contribution is -0.132. The molecule has 0 fully saturated rings. The van der Waals surface area contributed by atoms with Crippen molar-refractivity contribution in [2.24, 2.45) is 11.8 Å². The second kappa shape index (κ2) is 7.38. The van der Waals surface area contributed by atoms with Crippen molar-refractivity contribution in [3.8, 4) is 0 Å². The molecule has 0 radical (unpaired) electrons. The number of Topliss-reactive ketones (excluding diaryl/α,β-unsaturated/α-hetero) is 1. The van der Waals surface area contributed by atoms with Crippen LogP contribution in [0.25, 0.3) is 0 Å². The molecule has 1 heterocycles. The van der Waals surface area contributed by atoms with Crippen LogP contribution in [0.2, 0.25) is 0 Å². The number of carbonyl (C=O) groups excluding carboxylic acids is 1. The van der Waals surface area contributed by atoms with Gasteiger partial charge in [0.25, 0.3) is 0 Å². The highest BCUT2D eigenvalue weighted by Gasteiger charge is 2.24. The summed E-state index contributed by atoms with van der Waals surface area (Å²) in [6, 6.07) is 0. The molecule has 19 heavy (non-hydrogen) atoms. The number of nitrogens with zero attached hydrogens (tertiary/aromatic N) is 3. The lowest BCUT2D eigenvalue weighted by Gasteiger charge is -2.19. The lowest BCUT2D eigenvalue weighted by Crippen LogP contribution is -2.32. The zero-order valence-electron chi connectivity index (χ0n) is 12.6. The molecule has 108 valence electrons. The average molecular weight is 267 g/mol. The first kappa shape index (κ1) is 15.8. The minimum absolute atomic E-state index is 0.0786. The van der Waals surface area contributed by atoms with Crippen molar-refractivity contribution in [1.29, 1.82) is 0 Å². The minimum Gasteiger partial charge on any atom is -0.370 e. The van der Waals surface area contributed by atoms with Gasteiger partial charge in [0.1, 0.15) is 18.3 Å². The van der Waals surface area contributed by atoms with E-state index in [-0.39, 0.29) is 24.2 Å². The summed E-state index contributed by atoms with van der Waals surface area (Å²) < 4.78 is 7.34. The number of ether oxygens (including phenoxy) is 1. The maximum absolute atomic E-state index is 12.3. The van der Waals surface area contributed by atoms with Gasteiger partial charge in [-0.15, -0.1) is 0 Å². The van der Waals surface area contributed by atoms with Crippen LogP contribution in [0.5, 0.6) is 0 Å². The molecular weight excluding hydrogens is 242 g/mol. The first-order chi connectivity index (χ1) is 8.95. The number of aromatic nitrogens is 3. The third kappa shape index (κ3) is 4.74. The first-order valence-corrected chi connectivity index (χ1v) is 6.96. The monoisotopic (exact) mass is 267 g/mol. The fourth-order valence-corrected chi connectivity index (χ4v) is 2.02. The molecule has 0 amide bonds. The number of carbonyl (C=O) groups is 1. The van der Waals surface area contributed by atoms with E-state index in [0.717, 1.165) is 12.4 Å². The van der Waals surface area contributed by atoms with Gasteiger partial charge in [0.2, 0.25) is 0 Å². The SMILES string of the molecule is CCOC(C(=O)Cc1ncnn1CC(C)C)C(C)C. The summed E-state index contributed by atoms with van der Waals surface area (Å²) in [7, 11) is 0. The predicted molar refractivity (Wildman–Crippen MR) is 73.8 cm³/mol. The largest absolute Gasteiger partial charge is 0.370 e. The van der Waals surface area contributed by atoms with Crippen LogP contribution in [-0.4, -0.2) is 33.3 Å². The summed E-state index contributed by atoms with van der Waals surface area (Å²) in [5.41, 5.74) is 0. The predicted octanol–water partition coefficient (Wildman–Crippen LogP) is 2.11. The van der Waals surface area contributed by atoms with Crippen LogP contribution in [0.4, 0.5) is 0 Å². The molecule has 0 aromatic carbocycles. The van der Waals surface area contributed by atoms with E-state index in [2.05, 4.69) is 23.9 Å². The van der Waals surface area contributed by atoms with Crippen molar-refractivity contribution in [3.63, 3.8) is 0 Å². The summed E-state index contributed by atoms with van der Waals surface area (Å²) in [6.45, 7) is 11.5. The molecule has 0 saturated heterocycles. The molecule has 1 atom stereocenters. The Morgan fingerprint density at radius 3 is 2.58 bits per heavy atom. The van der Waals surface area contributed by atoms with Gasteiger partial charge in [0.05, 0.1) is 6.42 Å². The minimum atomic E-state index is -0.353. The van der Waals surface area contributed by atoms with Gasteiger partial charge in [-0.05, 0) is 18.8 Å². The summed E-state index contributed by atoms with van der Waals surface area (Å²) >= 11 is 0. The molecule has 0 aliphatic carbocycles. The topological polar surface area (TPSA) is 57.0 Å². The Labute approximate surface area is 115 Å². The lowest BCUT2D eigenvalue weighted by atomic mass is 10.0. The van der Waals surface area contributed by atoms with E-state index in [9.17, 15) is 4.79 Å². The zero-order valence-corrected chi connectivity index (χ0v) is 12.6. The van der Waals surface area contributed by atoms with Crippen LogP contribution in [0.15, 0.2) is 6.33 Å². The van der Waals surface area contributed by atoms with Crippen LogP contribution in [0.1, 0.15) is 40.4 Å². The van der Waals surface area contributed by atoms with E-state index in [1.807, 2.05) is 25.5 Å². The van der Waals surface area contributed by atoms with Gasteiger partial charge in [-0.25, -0.2) is 9.67 Å². The summed E-state index contributed by atoms with van der Waals surface area (Å²) in [5, 5.41) is 4.17. The van der Waals surface area contributed by atoms with Crippen LogP contribution in [0.3, 0.4) is 0 Å². The van der Waals surface area contributed by atoms with Crippen LogP contribution in [-0.2, 0) is 22.5 Å². The second-order valence-electron chi connectivity index (χ2n) is 5.52. The van der Waals surface area contributed by atoms with Gasteiger partial charge < -0.3 is 4.74 Å². The fourth-order valence-electron chi connectivity index (χ4n) is 2.02. The average Bonchev–Trinajstić information content (AvgIpc) is 2.72. The van der Waals surface area contributed by atoms with Crippen molar-refractivity contribution in [1.82, 2.24) is 14.8 Å². The third-order valence-corrected chi connectivity index (χ3v) is 2.84. The zero-order chi connectivity index (χ0) is 14.4. The van der Waals surface area contributed by atoms with Crippen molar-refractivity contribution < 1.29 is 9.53 Å². The van der Waals surface area contributed by atoms with E-state index in [1.165, 1.54) is 6.33 Å². The number of hydrogen-bond donors (Lipinski definition) is 0. The summed E-state index contributed by atoms with van der Waals surface area (Å²) in [6.07, 6.45) is 1.44.